The number of hydrogen-bond donors (Lipinski definition) is 3. The quantitative estimate of drug-likeness (QED) is 0.139. The Morgan fingerprint density at radius 3 is 2.58 bits per heavy atom. The van der Waals surface area contributed by atoms with Crippen molar-refractivity contribution in [3.63, 3.8) is 0 Å². The Morgan fingerprint density at radius 2 is 1.97 bits per heavy atom. The highest BCUT2D eigenvalue weighted by atomic mass is 79.9. The van der Waals surface area contributed by atoms with Crippen LogP contribution in [0.4, 0.5) is 0 Å². The van der Waals surface area contributed by atoms with E-state index in [-0.39, 0.29) is 16.7 Å². The zero-order valence-electron chi connectivity index (χ0n) is 22.2. The molecule has 0 saturated carbocycles. The van der Waals surface area contributed by atoms with E-state index >= 15 is 0 Å². The van der Waals surface area contributed by atoms with Crippen LogP contribution in [0, 0.1) is 0 Å². The van der Waals surface area contributed by atoms with E-state index in [2.05, 4.69) is 44.6 Å². The van der Waals surface area contributed by atoms with Crippen molar-refractivity contribution < 1.29 is 13.5 Å². The molecule has 0 unspecified atom stereocenters. The summed E-state index contributed by atoms with van der Waals surface area (Å²) in [5.74, 6) is 0. The van der Waals surface area contributed by atoms with Crippen LogP contribution < -0.4 is 10.5 Å². The number of hydrogen-bond acceptors (Lipinski definition) is 7. The van der Waals surface area contributed by atoms with Crippen molar-refractivity contribution in [1.29, 1.82) is 0 Å². The molecule has 0 amide bonds. The summed E-state index contributed by atoms with van der Waals surface area (Å²) >= 11 is 4.40. The van der Waals surface area contributed by atoms with Gasteiger partial charge in [0.25, 0.3) is 0 Å². The summed E-state index contributed by atoms with van der Waals surface area (Å²) in [6, 6.07) is 1.97. The largest absolute Gasteiger partial charge is 0.502 e. The molecule has 8 nitrogen and oxygen atoms in total. The number of rotatable bonds is 13. The first-order valence-electron chi connectivity index (χ1n) is 11.7. The molecule has 38 heavy (non-hydrogen) atoms. The van der Waals surface area contributed by atoms with Crippen molar-refractivity contribution in [2.75, 3.05) is 18.7 Å². The molecule has 0 aliphatic heterocycles. The summed E-state index contributed by atoms with van der Waals surface area (Å²) in [6.45, 7) is 13.5. The molecule has 2 rings (SSSR count). The van der Waals surface area contributed by atoms with Gasteiger partial charge in [0.2, 0.25) is 10.0 Å². The van der Waals surface area contributed by atoms with Crippen molar-refractivity contribution in [3.8, 4) is 0 Å². The molecule has 0 fully saturated rings. The maximum Gasteiger partial charge on any atom is 0.221 e. The number of nitrogens with zero attached hydrogens (tertiary/aromatic N) is 3. The fourth-order valence-electron chi connectivity index (χ4n) is 3.08. The predicted octanol–water partition coefficient (Wildman–Crippen LogP) is 6.15. The maximum absolute atomic E-state index is 12.1. The molecule has 0 atom stereocenters. The fourth-order valence-corrected chi connectivity index (χ4v) is 5.46. The van der Waals surface area contributed by atoms with Gasteiger partial charge in [0.15, 0.2) is 5.65 Å². The van der Waals surface area contributed by atoms with Crippen LogP contribution in [-0.4, -0.2) is 46.8 Å². The Bertz CT molecular complexity index is 1370. The molecule has 0 aliphatic carbocycles. The molecule has 0 bridgehead atoms. The molecule has 0 radical (unpaired) electrons. The number of aliphatic hydroxyl groups is 1. The van der Waals surface area contributed by atoms with Gasteiger partial charge in [-0.3, -0.25) is 0 Å². The minimum absolute atomic E-state index is 0.0241. The first-order chi connectivity index (χ1) is 18.1. The second-order valence-corrected chi connectivity index (χ2v) is 11.7. The Labute approximate surface area is 238 Å². The van der Waals surface area contributed by atoms with E-state index in [9.17, 15) is 13.5 Å². The van der Waals surface area contributed by atoms with Crippen LogP contribution in [0.5, 0.6) is 0 Å². The average molecular weight is 623 g/mol. The molecule has 0 aromatic carbocycles. The Hall–Kier alpha value is -2.70. The van der Waals surface area contributed by atoms with Crippen molar-refractivity contribution in [2.45, 2.75) is 27.2 Å². The molecule has 0 spiro atoms. The zero-order chi connectivity index (χ0) is 28.7. The third-order valence-corrected chi connectivity index (χ3v) is 8.22. The van der Waals surface area contributed by atoms with Crippen LogP contribution in [0.3, 0.4) is 0 Å². The lowest BCUT2D eigenvalue weighted by Crippen LogP contribution is -2.26. The summed E-state index contributed by atoms with van der Waals surface area (Å²) in [4.78, 5) is 4.82. The topological polar surface area (TPSA) is 123 Å². The second-order valence-electron chi connectivity index (χ2n) is 7.71. The first kappa shape index (κ1) is 33.3. The Kier molecular flexibility index (Phi) is 14.9. The van der Waals surface area contributed by atoms with Crippen LogP contribution in [0.25, 0.3) is 16.8 Å². The fraction of sp³-hybridized carbons (Fsp3) is 0.259. The molecule has 11 heteroatoms. The van der Waals surface area contributed by atoms with E-state index in [4.69, 9.17) is 4.98 Å². The van der Waals surface area contributed by atoms with Gasteiger partial charge in [0.05, 0.1) is 22.1 Å². The van der Waals surface area contributed by atoms with E-state index in [0.717, 1.165) is 44.3 Å². The molecule has 4 N–H and O–H groups in total. The van der Waals surface area contributed by atoms with Gasteiger partial charge in [0.1, 0.15) is 10.2 Å². The minimum atomic E-state index is -3.51. The number of fused-ring (bicyclic) bond motifs is 1. The van der Waals surface area contributed by atoms with E-state index in [1.807, 2.05) is 50.3 Å². The molecule has 0 saturated heterocycles. The van der Waals surface area contributed by atoms with Gasteiger partial charge in [0, 0.05) is 6.54 Å². The Balaban J connectivity index is 0.00000352. The summed E-state index contributed by atoms with van der Waals surface area (Å²) in [5, 5.41) is 13.6. The van der Waals surface area contributed by atoms with Crippen LogP contribution >= 0.6 is 27.7 Å². The highest BCUT2D eigenvalue weighted by Crippen LogP contribution is 2.27. The molecular formula is C27H36BrN5O3S2. The first-order valence-corrected chi connectivity index (χ1v) is 15.1. The van der Waals surface area contributed by atoms with Crippen LogP contribution in [0.15, 0.2) is 89.2 Å². The molecule has 206 valence electrons. The highest BCUT2D eigenvalue weighted by Gasteiger charge is 2.15. The van der Waals surface area contributed by atoms with Crippen LogP contribution in [0.2, 0.25) is 0 Å². The Morgan fingerprint density at radius 1 is 1.26 bits per heavy atom. The lowest BCUT2D eigenvalue weighted by molar-refractivity contribution is 0.455. The van der Waals surface area contributed by atoms with E-state index in [0.29, 0.717) is 12.1 Å². The number of aliphatic hydroxyl groups excluding tert-OH is 1. The SMILES string of the molecule is C=C/C=C\C(=C(C)C)c1cc(C(/C=C\CCNS(=O)(=O)CS/C(O)=C\C)=C/C=C)n2ncc(Br)c2n1.CN. The number of sulfonamides is 1. The van der Waals surface area contributed by atoms with E-state index in [1.54, 1.807) is 29.8 Å². The third kappa shape index (κ3) is 10.2. The standard InChI is InChI=1S/C26H31BrN4O3S2.CH5N/c1-6-9-14-21(19(4)5)23-16-24(31-26(30-23)22(27)17-28-31)20(12-7-2)13-10-11-15-29-36(33,34)18-35-25(32)8-3;1-2/h6-10,12-14,16-17,29,32H,1-2,11,15,18H2,3-5H3;2H2,1H3/b13-10-,14-9-,20-12+,25-8-;. The number of thioether (sulfide) groups is 1. The van der Waals surface area contributed by atoms with Gasteiger partial charge in [-0.2, -0.15) is 5.10 Å². The number of allylic oxidation sites excluding steroid dienone is 10. The van der Waals surface area contributed by atoms with Gasteiger partial charge in [-0.05, 0) is 73.5 Å². The minimum Gasteiger partial charge on any atom is -0.502 e. The number of nitrogens with one attached hydrogen (secondary N) is 1. The van der Waals surface area contributed by atoms with E-state index < -0.39 is 10.0 Å². The molecular weight excluding hydrogens is 586 g/mol. The lowest BCUT2D eigenvalue weighted by Gasteiger charge is -2.11. The van der Waals surface area contributed by atoms with Gasteiger partial charge < -0.3 is 10.8 Å². The van der Waals surface area contributed by atoms with Gasteiger partial charge in [-0.1, -0.05) is 73.0 Å². The summed E-state index contributed by atoms with van der Waals surface area (Å²) in [6.07, 6.45) is 16.5. The van der Waals surface area contributed by atoms with Gasteiger partial charge in [-0.25, -0.2) is 22.6 Å². The highest BCUT2D eigenvalue weighted by molar-refractivity contribution is 9.10. The molecule has 0 aliphatic rings. The lowest BCUT2D eigenvalue weighted by atomic mass is 10.0. The van der Waals surface area contributed by atoms with Crippen molar-refractivity contribution in [1.82, 2.24) is 19.3 Å². The zero-order valence-corrected chi connectivity index (χ0v) is 25.4. The average Bonchev–Trinajstić information content (AvgIpc) is 3.27. The van der Waals surface area contributed by atoms with Crippen LogP contribution in [-0.2, 0) is 10.0 Å². The summed E-state index contributed by atoms with van der Waals surface area (Å²) < 4.78 is 29.2. The number of nitrogens with two attached hydrogens (primary N) is 1. The smallest absolute Gasteiger partial charge is 0.221 e. The van der Waals surface area contributed by atoms with E-state index in [1.165, 1.54) is 13.1 Å². The van der Waals surface area contributed by atoms with Crippen LogP contribution in [0.1, 0.15) is 38.6 Å². The van der Waals surface area contributed by atoms with Crippen molar-refractivity contribution in [2.24, 2.45) is 5.73 Å². The normalized spacial score (nSPS) is 12.6. The number of aromatic nitrogens is 3. The molecule has 2 aromatic rings. The van der Waals surface area contributed by atoms with Crippen molar-refractivity contribution >= 4 is 54.5 Å². The van der Waals surface area contributed by atoms with Crippen molar-refractivity contribution in [3.05, 3.63) is 101 Å². The molecule has 2 aromatic heterocycles. The summed E-state index contributed by atoms with van der Waals surface area (Å²) in [7, 11) is -2.01. The van der Waals surface area contributed by atoms with Gasteiger partial charge >= 0.3 is 0 Å². The maximum atomic E-state index is 12.1. The summed E-state index contributed by atoms with van der Waals surface area (Å²) in [5.41, 5.74) is 9.68. The van der Waals surface area contributed by atoms with Gasteiger partial charge in [-0.15, -0.1) is 0 Å². The molecule has 2 heterocycles. The second kappa shape index (κ2) is 17.0. The monoisotopic (exact) mass is 621 g/mol. The third-order valence-electron chi connectivity index (χ3n) is 4.77. The number of halogens is 1. The predicted molar refractivity (Wildman–Crippen MR) is 166 cm³/mol.